The first kappa shape index (κ1) is 14.6. The molecule has 0 atom stereocenters. The average Bonchev–Trinajstić information content (AvgIpc) is 3.09. The standard InChI is InChI=1S/C16H17FN4OS/c1-16(2,22)15-20-12-13(18-8-19-14(12)23-15)21-6-5-9-7-10(17)3-4-11(9)21/h3-4,7,19,22H,5-6,8H2,1-2H3. The maximum atomic E-state index is 13.4. The predicted octanol–water partition coefficient (Wildman–Crippen LogP) is 2.70. The fraction of sp³-hybridized carbons (Fsp3) is 0.375. The molecule has 2 aliphatic rings. The summed E-state index contributed by atoms with van der Waals surface area (Å²) < 4.78 is 13.4. The van der Waals surface area contributed by atoms with Gasteiger partial charge >= 0.3 is 0 Å². The Hall–Kier alpha value is -1.99. The van der Waals surface area contributed by atoms with Gasteiger partial charge in [0.05, 0.1) is 0 Å². The van der Waals surface area contributed by atoms with Gasteiger partial charge in [-0.3, -0.25) is 0 Å². The van der Waals surface area contributed by atoms with Crippen LogP contribution in [0.15, 0.2) is 23.2 Å². The molecular formula is C16H17FN4OS. The number of nitrogens with zero attached hydrogens (tertiary/aromatic N) is 3. The molecule has 0 radical (unpaired) electrons. The number of aliphatic imine (C=N–C) groups is 1. The monoisotopic (exact) mass is 332 g/mol. The second kappa shape index (κ2) is 5.01. The summed E-state index contributed by atoms with van der Waals surface area (Å²) >= 11 is 1.45. The van der Waals surface area contributed by atoms with E-state index in [0.717, 1.165) is 40.7 Å². The molecule has 0 unspecified atom stereocenters. The summed E-state index contributed by atoms with van der Waals surface area (Å²) in [5.74, 6) is 0.576. The molecule has 0 bridgehead atoms. The van der Waals surface area contributed by atoms with E-state index in [0.29, 0.717) is 11.7 Å². The maximum absolute atomic E-state index is 13.4. The van der Waals surface area contributed by atoms with Crippen molar-refractivity contribution in [3.05, 3.63) is 40.3 Å². The number of nitrogens with one attached hydrogen (secondary N) is 1. The molecule has 0 spiro atoms. The zero-order valence-electron chi connectivity index (χ0n) is 12.9. The van der Waals surface area contributed by atoms with Crippen LogP contribution in [0, 0.1) is 5.82 Å². The third-order valence-electron chi connectivity index (χ3n) is 4.02. The summed E-state index contributed by atoms with van der Waals surface area (Å²) in [6.07, 6.45) is 0.789. The van der Waals surface area contributed by atoms with Crippen LogP contribution in [0.4, 0.5) is 15.1 Å². The second-order valence-corrected chi connectivity index (χ2v) is 7.25. The van der Waals surface area contributed by atoms with Crippen LogP contribution in [0.1, 0.15) is 30.1 Å². The van der Waals surface area contributed by atoms with Gasteiger partial charge in [-0.05, 0) is 44.0 Å². The van der Waals surface area contributed by atoms with E-state index in [1.165, 1.54) is 17.4 Å². The molecule has 2 N–H and O–H groups in total. The van der Waals surface area contributed by atoms with Crippen LogP contribution in [-0.2, 0) is 12.0 Å². The van der Waals surface area contributed by atoms with Crippen molar-refractivity contribution in [3.8, 4) is 0 Å². The molecule has 4 rings (SSSR count). The molecule has 120 valence electrons. The molecule has 0 saturated carbocycles. The molecule has 1 aromatic carbocycles. The highest BCUT2D eigenvalue weighted by atomic mass is 32.1. The van der Waals surface area contributed by atoms with Crippen molar-refractivity contribution in [2.45, 2.75) is 25.9 Å². The summed E-state index contributed by atoms with van der Waals surface area (Å²) in [7, 11) is 0. The minimum absolute atomic E-state index is 0.212. The van der Waals surface area contributed by atoms with Crippen LogP contribution in [0.5, 0.6) is 0 Å². The topological polar surface area (TPSA) is 60.8 Å². The van der Waals surface area contributed by atoms with Gasteiger partial charge in [-0.1, -0.05) is 11.3 Å². The zero-order valence-corrected chi connectivity index (χ0v) is 13.7. The van der Waals surface area contributed by atoms with Gasteiger partial charge in [-0.25, -0.2) is 14.4 Å². The van der Waals surface area contributed by atoms with E-state index in [2.05, 4.69) is 20.2 Å². The number of benzene rings is 1. The largest absolute Gasteiger partial charge is 0.383 e. The summed E-state index contributed by atoms with van der Waals surface area (Å²) in [4.78, 5) is 11.3. The summed E-state index contributed by atoms with van der Waals surface area (Å²) in [5.41, 5.74) is 1.75. The first-order chi connectivity index (χ1) is 10.9. The number of rotatable bonds is 1. The third-order valence-corrected chi connectivity index (χ3v) is 5.35. The van der Waals surface area contributed by atoms with Crippen molar-refractivity contribution in [2.75, 3.05) is 23.4 Å². The van der Waals surface area contributed by atoms with Crippen LogP contribution >= 0.6 is 11.3 Å². The Morgan fingerprint density at radius 3 is 3.00 bits per heavy atom. The Morgan fingerprint density at radius 2 is 2.22 bits per heavy atom. The van der Waals surface area contributed by atoms with Gasteiger partial charge in [0.2, 0.25) is 0 Å². The van der Waals surface area contributed by atoms with Crippen molar-refractivity contribution in [2.24, 2.45) is 4.99 Å². The lowest BCUT2D eigenvalue weighted by Crippen LogP contribution is -2.33. The predicted molar refractivity (Wildman–Crippen MR) is 89.8 cm³/mol. The Morgan fingerprint density at radius 1 is 1.39 bits per heavy atom. The molecule has 0 fully saturated rings. The van der Waals surface area contributed by atoms with Crippen molar-refractivity contribution < 1.29 is 9.50 Å². The van der Waals surface area contributed by atoms with E-state index in [1.807, 2.05) is 0 Å². The van der Waals surface area contributed by atoms with E-state index >= 15 is 0 Å². The highest BCUT2D eigenvalue weighted by Gasteiger charge is 2.32. The van der Waals surface area contributed by atoms with E-state index < -0.39 is 5.60 Å². The average molecular weight is 332 g/mol. The van der Waals surface area contributed by atoms with Crippen molar-refractivity contribution >= 4 is 27.9 Å². The highest BCUT2D eigenvalue weighted by Crippen LogP contribution is 2.37. The number of hydrogen-bond donors (Lipinski definition) is 2. The molecule has 0 amide bonds. The molecular weight excluding hydrogens is 315 g/mol. The Labute approximate surface area is 137 Å². The molecule has 23 heavy (non-hydrogen) atoms. The number of fused-ring (bicyclic) bond motifs is 2. The maximum Gasteiger partial charge on any atom is 0.159 e. The van der Waals surface area contributed by atoms with Gasteiger partial charge in [0.15, 0.2) is 5.84 Å². The smallest absolute Gasteiger partial charge is 0.159 e. The number of aliphatic hydroxyl groups is 1. The molecule has 0 saturated heterocycles. The quantitative estimate of drug-likeness (QED) is 0.843. The van der Waals surface area contributed by atoms with E-state index in [4.69, 9.17) is 0 Å². The number of amidine groups is 1. The molecule has 2 aromatic rings. The Kier molecular flexibility index (Phi) is 3.18. The number of halogens is 1. The van der Waals surface area contributed by atoms with E-state index in [1.54, 1.807) is 26.0 Å². The lowest BCUT2D eigenvalue weighted by molar-refractivity contribution is 0.0782. The number of aromatic nitrogens is 1. The Bertz CT molecular complexity index is 809. The Balaban J connectivity index is 1.76. The lowest BCUT2D eigenvalue weighted by Gasteiger charge is -2.24. The number of thiazole rings is 1. The van der Waals surface area contributed by atoms with Gasteiger partial charge in [-0.2, -0.15) is 0 Å². The van der Waals surface area contributed by atoms with Gasteiger partial charge < -0.3 is 15.3 Å². The van der Waals surface area contributed by atoms with E-state index in [-0.39, 0.29) is 5.82 Å². The first-order valence-corrected chi connectivity index (χ1v) is 8.33. The molecule has 1 aromatic heterocycles. The molecule has 3 heterocycles. The zero-order chi connectivity index (χ0) is 16.2. The fourth-order valence-corrected chi connectivity index (χ4v) is 3.87. The van der Waals surface area contributed by atoms with Gasteiger partial charge in [0.25, 0.3) is 0 Å². The van der Waals surface area contributed by atoms with Crippen molar-refractivity contribution in [1.82, 2.24) is 4.98 Å². The fourth-order valence-electron chi connectivity index (χ4n) is 2.92. The molecule has 0 aliphatic carbocycles. The highest BCUT2D eigenvalue weighted by molar-refractivity contribution is 7.16. The van der Waals surface area contributed by atoms with Crippen LogP contribution in [0.2, 0.25) is 0 Å². The molecule has 7 heteroatoms. The summed E-state index contributed by atoms with van der Waals surface area (Å²) in [5, 5.41) is 15.0. The van der Waals surface area contributed by atoms with Crippen LogP contribution in [-0.4, -0.2) is 29.1 Å². The van der Waals surface area contributed by atoms with Crippen molar-refractivity contribution in [1.29, 1.82) is 0 Å². The molecule has 2 aliphatic heterocycles. The minimum Gasteiger partial charge on any atom is -0.383 e. The van der Waals surface area contributed by atoms with Gasteiger partial charge in [-0.15, -0.1) is 0 Å². The van der Waals surface area contributed by atoms with Crippen LogP contribution in [0.25, 0.3) is 0 Å². The van der Waals surface area contributed by atoms with Gasteiger partial charge in [0, 0.05) is 12.2 Å². The second-order valence-electron chi connectivity index (χ2n) is 6.25. The SMILES string of the molecule is CC(C)(O)c1nc2c(s1)NCN=C2N1CCc2cc(F)ccc21. The van der Waals surface area contributed by atoms with Crippen LogP contribution < -0.4 is 10.2 Å². The van der Waals surface area contributed by atoms with Crippen molar-refractivity contribution in [3.63, 3.8) is 0 Å². The van der Waals surface area contributed by atoms with Gasteiger partial charge in [0.1, 0.15) is 33.8 Å². The summed E-state index contributed by atoms with van der Waals surface area (Å²) in [6.45, 7) is 4.68. The first-order valence-electron chi connectivity index (χ1n) is 7.52. The number of hydrogen-bond acceptors (Lipinski definition) is 6. The minimum atomic E-state index is -0.985. The van der Waals surface area contributed by atoms with E-state index in [9.17, 15) is 9.50 Å². The number of anilines is 2. The van der Waals surface area contributed by atoms with Crippen LogP contribution in [0.3, 0.4) is 0 Å². The molecule has 5 nitrogen and oxygen atoms in total. The third kappa shape index (κ3) is 2.40. The lowest BCUT2D eigenvalue weighted by atomic mass is 10.1. The summed E-state index contributed by atoms with van der Waals surface area (Å²) in [6, 6.07) is 4.86. The normalized spacial score (nSPS) is 16.7.